The third-order valence-corrected chi connectivity index (χ3v) is 3.74. The van der Waals surface area contributed by atoms with E-state index >= 15 is 0 Å². The van der Waals surface area contributed by atoms with Crippen molar-refractivity contribution in [1.29, 1.82) is 0 Å². The Morgan fingerprint density at radius 3 is 2.39 bits per heavy atom. The molecule has 0 bridgehead atoms. The van der Waals surface area contributed by atoms with Crippen molar-refractivity contribution in [3.8, 4) is 0 Å². The van der Waals surface area contributed by atoms with E-state index in [1.54, 1.807) is 0 Å². The number of hydrogen-bond donors (Lipinski definition) is 0. The Morgan fingerprint density at radius 2 is 1.67 bits per heavy atom. The van der Waals surface area contributed by atoms with Crippen LogP contribution in [0, 0.1) is 0 Å². The highest BCUT2D eigenvalue weighted by Gasteiger charge is 2.46. The van der Waals surface area contributed by atoms with Gasteiger partial charge in [-0.25, -0.2) is 0 Å². The van der Waals surface area contributed by atoms with Crippen molar-refractivity contribution >= 4 is 21.7 Å². The molecule has 3 rings (SSSR count). The largest absolute Gasteiger partial charge is 0.356 e. The first-order valence-corrected chi connectivity index (χ1v) is 6.56. The Labute approximate surface area is 114 Å². The summed E-state index contributed by atoms with van der Waals surface area (Å²) in [6, 6.07) is 17.1. The van der Waals surface area contributed by atoms with Crippen molar-refractivity contribution in [2.75, 3.05) is 0 Å². The van der Waals surface area contributed by atoms with Crippen LogP contribution in [0.3, 0.4) is 0 Å². The van der Waals surface area contributed by atoms with Crippen molar-refractivity contribution in [1.82, 2.24) is 0 Å². The lowest BCUT2D eigenvalue weighted by molar-refractivity contribution is 0.0953. The Hall–Kier alpha value is -1.45. The molecule has 2 atom stereocenters. The number of halogens is 1. The number of benzene rings is 2. The van der Waals surface area contributed by atoms with Crippen LogP contribution < -0.4 is 0 Å². The van der Waals surface area contributed by atoms with Gasteiger partial charge in [-0.1, -0.05) is 64.5 Å². The Balaban J connectivity index is 1.79. The summed E-state index contributed by atoms with van der Waals surface area (Å²) in [6.45, 7) is 0. The maximum absolute atomic E-state index is 12.2. The molecule has 0 aromatic heterocycles. The van der Waals surface area contributed by atoms with Gasteiger partial charge in [-0.2, -0.15) is 0 Å². The number of carbonyl (C=O) groups is 1. The van der Waals surface area contributed by atoms with Crippen molar-refractivity contribution < 1.29 is 9.53 Å². The molecule has 2 unspecified atom stereocenters. The van der Waals surface area contributed by atoms with Gasteiger partial charge >= 0.3 is 0 Å². The highest BCUT2D eigenvalue weighted by atomic mass is 79.9. The van der Waals surface area contributed by atoms with E-state index in [1.165, 1.54) is 0 Å². The summed E-state index contributed by atoms with van der Waals surface area (Å²) >= 11 is 3.48. The fraction of sp³-hybridized carbons (Fsp3) is 0.133. The van der Waals surface area contributed by atoms with Gasteiger partial charge in [0.2, 0.25) is 0 Å². The molecule has 0 amide bonds. The van der Waals surface area contributed by atoms with Crippen molar-refractivity contribution in [2.45, 2.75) is 12.2 Å². The summed E-state index contributed by atoms with van der Waals surface area (Å²) in [5.74, 6) is 0.0522. The van der Waals surface area contributed by atoms with Gasteiger partial charge in [-0.05, 0) is 11.6 Å². The first-order valence-electron chi connectivity index (χ1n) is 5.76. The van der Waals surface area contributed by atoms with E-state index in [2.05, 4.69) is 15.9 Å². The van der Waals surface area contributed by atoms with E-state index in [4.69, 9.17) is 4.74 Å². The number of Topliss-reactive ketones (excluding diaryl/α,β-unsaturated/α-hetero) is 1. The Bertz CT molecular complexity index is 580. The highest BCUT2D eigenvalue weighted by molar-refractivity contribution is 9.10. The molecule has 18 heavy (non-hydrogen) atoms. The maximum Gasteiger partial charge on any atom is 0.194 e. The highest BCUT2D eigenvalue weighted by Crippen LogP contribution is 2.43. The van der Waals surface area contributed by atoms with Gasteiger partial charge in [-0.15, -0.1) is 0 Å². The number of carbonyl (C=O) groups excluding carboxylic acids is 1. The van der Waals surface area contributed by atoms with Crippen molar-refractivity contribution in [3.05, 3.63) is 70.2 Å². The first kappa shape index (κ1) is 11.6. The minimum Gasteiger partial charge on any atom is -0.356 e. The van der Waals surface area contributed by atoms with Gasteiger partial charge in [-0.3, -0.25) is 4.79 Å². The smallest absolute Gasteiger partial charge is 0.194 e. The Kier molecular flexibility index (Phi) is 3.02. The standard InChI is InChI=1S/C15H11BrO2/c16-12-9-5-4-8-11(12)14-15(18-14)13(17)10-6-2-1-3-7-10/h1-9,14-15H. The fourth-order valence-electron chi connectivity index (χ4n) is 2.02. The van der Waals surface area contributed by atoms with Crippen LogP contribution >= 0.6 is 15.9 Å². The average Bonchev–Trinajstić information content (AvgIpc) is 3.20. The van der Waals surface area contributed by atoms with E-state index in [-0.39, 0.29) is 18.0 Å². The predicted molar refractivity (Wildman–Crippen MR) is 72.5 cm³/mol. The van der Waals surface area contributed by atoms with Crippen LogP contribution in [0.1, 0.15) is 22.0 Å². The van der Waals surface area contributed by atoms with Gasteiger partial charge < -0.3 is 4.74 Å². The van der Waals surface area contributed by atoms with Crippen LogP contribution in [0.25, 0.3) is 0 Å². The molecule has 1 fully saturated rings. The lowest BCUT2D eigenvalue weighted by Crippen LogP contribution is -2.07. The quantitative estimate of drug-likeness (QED) is 0.638. The van der Waals surface area contributed by atoms with Crippen LogP contribution in [-0.2, 0) is 4.74 Å². The van der Waals surface area contributed by atoms with Gasteiger partial charge in [0.05, 0.1) is 0 Å². The second-order valence-electron chi connectivity index (χ2n) is 4.23. The summed E-state index contributed by atoms with van der Waals surface area (Å²) in [7, 11) is 0. The van der Waals surface area contributed by atoms with E-state index in [0.29, 0.717) is 5.56 Å². The summed E-state index contributed by atoms with van der Waals surface area (Å²) in [6.07, 6.45) is -0.459. The molecule has 1 aliphatic rings. The topological polar surface area (TPSA) is 29.6 Å². The molecule has 1 aliphatic heterocycles. The van der Waals surface area contributed by atoms with E-state index < -0.39 is 0 Å². The molecule has 0 N–H and O–H groups in total. The van der Waals surface area contributed by atoms with Crippen molar-refractivity contribution in [2.24, 2.45) is 0 Å². The van der Waals surface area contributed by atoms with Gasteiger partial charge in [0, 0.05) is 10.0 Å². The minimum absolute atomic E-state index is 0.0522. The zero-order valence-corrected chi connectivity index (χ0v) is 11.1. The van der Waals surface area contributed by atoms with Crippen LogP contribution in [0.5, 0.6) is 0 Å². The third kappa shape index (κ3) is 2.11. The second-order valence-corrected chi connectivity index (χ2v) is 5.08. The lowest BCUT2D eigenvalue weighted by atomic mass is 10.0. The molecule has 1 heterocycles. The molecule has 90 valence electrons. The summed E-state index contributed by atoms with van der Waals surface area (Å²) < 4.78 is 6.51. The molecule has 0 aliphatic carbocycles. The molecule has 0 spiro atoms. The molecule has 1 saturated heterocycles. The zero-order chi connectivity index (χ0) is 12.5. The fourth-order valence-corrected chi connectivity index (χ4v) is 2.53. The van der Waals surface area contributed by atoms with E-state index in [0.717, 1.165) is 10.0 Å². The van der Waals surface area contributed by atoms with Gasteiger partial charge in [0.1, 0.15) is 6.10 Å². The number of ether oxygens (including phenoxy) is 1. The monoisotopic (exact) mass is 302 g/mol. The molecule has 2 nitrogen and oxygen atoms in total. The molecule has 2 aromatic rings. The average molecular weight is 303 g/mol. The van der Waals surface area contributed by atoms with Crippen molar-refractivity contribution in [3.63, 3.8) is 0 Å². The molecule has 2 aromatic carbocycles. The Morgan fingerprint density at radius 1 is 1.00 bits per heavy atom. The number of hydrogen-bond acceptors (Lipinski definition) is 2. The molecule has 0 radical (unpaired) electrons. The van der Waals surface area contributed by atoms with Crippen LogP contribution in [-0.4, -0.2) is 11.9 Å². The number of rotatable bonds is 3. The van der Waals surface area contributed by atoms with Crippen LogP contribution in [0.15, 0.2) is 59.1 Å². The van der Waals surface area contributed by atoms with Crippen LogP contribution in [0.2, 0.25) is 0 Å². The lowest BCUT2D eigenvalue weighted by Gasteiger charge is -1.99. The van der Waals surface area contributed by atoms with E-state index in [1.807, 2.05) is 54.6 Å². The first-order chi connectivity index (χ1) is 8.77. The second kappa shape index (κ2) is 4.67. The molecular weight excluding hydrogens is 292 g/mol. The van der Waals surface area contributed by atoms with Gasteiger partial charge in [0.25, 0.3) is 0 Å². The number of epoxide rings is 1. The minimum atomic E-state index is -0.342. The summed E-state index contributed by atoms with van der Waals surface area (Å²) in [4.78, 5) is 12.2. The third-order valence-electron chi connectivity index (χ3n) is 3.02. The zero-order valence-electron chi connectivity index (χ0n) is 9.55. The number of ketones is 1. The predicted octanol–water partition coefficient (Wildman–Crippen LogP) is 3.77. The molecule has 3 heteroatoms. The van der Waals surface area contributed by atoms with E-state index in [9.17, 15) is 4.79 Å². The van der Waals surface area contributed by atoms with Crippen LogP contribution in [0.4, 0.5) is 0 Å². The maximum atomic E-state index is 12.2. The molecule has 0 saturated carbocycles. The summed E-state index contributed by atoms with van der Waals surface area (Å²) in [5.41, 5.74) is 1.74. The molecular formula is C15H11BrO2. The SMILES string of the molecule is O=C(c1ccccc1)C1OC1c1ccccc1Br. The van der Waals surface area contributed by atoms with Gasteiger partial charge in [0.15, 0.2) is 11.9 Å². The summed E-state index contributed by atoms with van der Waals surface area (Å²) in [5, 5.41) is 0. The normalized spacial score (nSPS) is 21.6.